The van der Waals surface area contributed by atoms with Crippen LogP contribution in [0.1, 0.15) is 45.1 Å². The second-order valence-electron chi connectivity index (χ2n) is 6.83. The van der Waals surface area contributed by atoms with Crippen LogP contribution in [0.5, 0.6) is 0 Å². The highest BCUT2D eigenvalue weighted by Gasteiger charge is 2.51. The third-order valence-corrected chi connectivity index (χ3v) is 4.26. The SMILES string of the molecule is CC1(C)CC(=O)NN1[C@@H](CCCCc1cccc(F)c1)C(F)(F)F. The van der Waals surface area contributed by atoms with E-state index in [2.05, 4.69) is 5.43 Å². The number of hydrogen-bond donors (Lipinski definition) is 1. The maximum atomic E-state index is 13.4. The van der Waals surface area contributed by atoms with E-state index in [0.29, 0.717) is 19.3 Å². The molecule has 134 valence electrons. The lowest BCUT2D eigenvalue weighted by molar-refractivity contribution is -0.202. The fraction of sp³-hybridized carbons (Fsp3) is 0.588. The van der Waals surface area contributed by atoms with Gasteiger partial charge in [-0.25, -0.2) is 9.40 Å². The minimum absolute atomic E-state index is 0.0445. The van der Waals surface area contributed by atoms with Gasteiger partial charge in [-0.3, -0.25) is 10.2 Å². The van der Waals surface area contributed by atoms with Crippen LogP contribution in [-0.2, 0) is 11.2 Å². The predicted octanol–water partition coefficient (Wildman–Crippen LogP) is 3.98. The quantitative estimate of drug-likeness (QED) is 0.624. The molecular weight excluding hydrogens is 324 g/mol. The Bertz CT molecular complexity index is 586. The predicted molar refractivity (Wildman–Crippen MR) is 82.5 cm³/mol. The number of rotatable bonds is 6. The summed E-state index contributed by atoms with van der Waals surface area (Å²) in [6, 6.07) is 4.36. The smallest absolute Gasteiger partial charge is 0.288 e. The Labute approximate surface area is 139 Å². The fourth-order valence-electron chi connectivity index (χ4n) is 3.10. The Balaban J connectivity index is 1.94. The van der Waals surface area contributed by atoms with Crippen molar-refractivity contribution in [2.75, 3.05) is 0 Å². The minimum atomic E-state index is -4.42. The van der Waals surface area contributed by atoms with Crippen molar-refractivity contribution in [3.05, 3.63) is 35.6 Å². The summed E-state index contributed by atoms with van der Waals surface area (Å²) in [5.74, 6) is -0.740. The van der Waals surface area contributed by atoms with E-state index in [1.807, 2.05) is 0 Å². The van der Waals surface area contributed by atoms with Crippen molar-refractivity contribution < 1.29 is 22.4 Å². The normalized spacial score (nSPS) is 19.3. The Hall–Kier alpha value is -1.63. The number of nitrogens with zero attached hydrogens (tertiary/aromatic N) is 1. The second-order valence-corrected chi connectivity index (χ2v) is 6.83. The molecule has 0 saturated carbocycles. The Morgan fingerprint density at radius 2 is 2.00 bits per heavy atom. The molecule has 1 N–H and O–H groups in total. The molecule has 24 heavy (non-hydrogen) atoms. The number of carbonyl (C=O) groups excluding carboxylic acids is 1. The standard InChI is InChI=1S/C17H22F4N2O/c1-16(2)11-15(24)22-23(16)14(17(19,20)21)9-4-3-6-12-7-5-8-13(18)10-12/h5,7-8,10,14H,3-4,6,9,11H2,1-2H3,(H,22,24)/t14-/m0/s1. The average molecular weight is 346 g/mol. The summed E-state index contributed by atoms with van der Waals surface area (Å²) in [6.45, 7) is 3.24. The maximum Gasteiger partial charge on any atom is 0.405 e. The molecule has 0 radical (unpaired) electrons. The van der Waals surface area contributed by atoms with Crippen molar-refractivity contribution in [3.63, 3.8) is 0 Å². The molecule has 7 heteroatoms. The topological polar surface area (TPSA) is 32.3 Å². The summed E-state index contributed by atoms with van der Waals surface area (Å²) in [5, 5.41) is 1.04. The molecule has 1 aromatic carbocycles. The minimum Gasteiger partial charge on any atom is -0.288 e. The number of carbonyl (C=O) groups is 1. The van der Waals surface area contributed by atoms with E-state index in [4.69, 9.17) is 0 Å². The fourth-order valence-corrected chi connectivity index (χ4v) is 3.10. The molecule has 0 aliphatic carbocycles. The van der Waals surface area contributed by atoms with Gasteiger partial charge in [0.25, 0.3) is 0 Å². The van der Waals surface area contributed by atoms with E-state index >= 15 is 0 Å². The number of alkyl halides is 3. The van der Waals surface area contributed by atoms with E-state index < -0.39 is 23.7 Å². The van der Waals surface area contributed by atoms with Gasteiger partial charge in [0.1, 0.15) is 11.9 Å². The molecule has 1 aromatic rings. The number of halogens is 4. The molecule has 0 aromatic heterocycles. The number of aryl methyl sites for hydroxylation is 1. The lowest BCUT2D eigenvalue weighted by atomic mass is 9.97. The highest BCUT2D eigenvalue weighted by molar-refractivity contribution is 5.78. The molecule has 3 nitrogen and oxygen atoms in total. The Morgan fingerprint density at radius 1 is 1.29 bits per heavy atom. The van der Waals surface area contributed by atoms with Crippen molar-refractivity contribution in [1.29, 1.82) is 0 Å². The van der Waals surface area contributed by atoms with Gasteiger partial charge < -0.3 is 0 Å². The van der Waals surface area contributed by atoms with E-state index in [1.54, 1.807) is 26.0 Å². The zero-order chi connectivity index (χ0) is 18.0. The third-order valence-electron chi connectivity index (χ3n) is 4.26. The van der Waals surface area contributed by atoms with Gasteiger partial charge in [-0.05, 0) is 50.8 Å². The van der Waals surface area contributed by atoms with E-state index in [1.165, 1.54) is 12.1 Å². The summed E-state index contributed by atoms with van der Waals surface area (Å²) < 4.78 is 53.3. The van der Waals surface area contributed by atoms with Gasteiger partial charge in [0.05, 0.1) is 0 Å². The van der Waals surface area contributed by atoms with Gasteiger partial charge in [0.15, 0.2) is 0 Å². The van der Waals surface area contributed by atoms with Crippen LogP contribution in [0.25, 0.3) is 0 Å². The molecule has 0 spiro atoms. The number of unbranched alkanes of at least 4 members (excludes halogenated alkanes) is 1. The van der Waals surface area contributed by atoms with Crippen LogP contribution >= 0.6 is 0 Å². The van der Waals surface area contributed by atoms with Crippen LogP contribution in [0.3, 0.4) is 0 Å². The molecule has 0 bridgehead atoms. The van der Waals surface area contributed by atoms with Crippen molar-refractivity contribution in [2.45, 2.75) is 63.7 Å². The highest BCUT2D eigenvalue weighted by Crippen LogP contribution is 2.35. The van der Waals surface area contributed by atoms with Crippen LogP contribution in [0, 0.1) is 5.82 Å². The van der Waals surface area contributed by atoms with Crippen LogP contribution in [0.4, 0.5) is 17.6 Å². The average Bonchev–Trinajstić information content (AvgIpc) is 2.70. The second kappa shape index (κ2) is 7.09. The molecule has 1 fully saturated rings. The van der Waals surface area contributed by atoms with Crippen molar-refractivity contribution in [3.8, 4) is 0 Å². The lowest BCUT2D eigenvalue weighted by Crippen LogP contribution is -2.56. The summed E-state index contributed by atoms with van der Waals surface area (Å²) in [6.07, 6.45) is -3.10. The van der Waals surface area contributed by atoms with E-state index in [0.717, 1.165) is 10.6 Å². The van der Waals surface area contributed by atoms with Gasteiger partial charge in [-0.2, -0.15) is 13.2 Å². The van der Waals surface area contributed by atoms with E-state index in [-0.39, 0.29) is 18.7 Å². The van der Waals surface area contributed by atoms with Gasteiger partial charge in [-0.15, -0.1) is 0 Å². The highest BCUT2D eigenvalue weighted by atomic mass is 19.4. The number of hydrazine groups is 1. The Kier molecular flexibility index (Phi) is 5.52. The largest absolute Gasteiger partial charge is 0.405 e. The summed E-state index contributed by atoms with van der Waals surface area (Å²) >= 11 is 0. The first-order valence-electron chi connectivity index (χ1n) is 7.99. The molecule has 1 saturated heterocycles. The monoisotopic (exact) mass is 346 g/mol. The summed E-state index contributed by atoms with van der Waals surface area (Å²) in [4.78, 5) is 11.5. The van der Waals surface area contributed by atoms with Crippen LogP contribution in [0.15, 0.2) is 24.3 Å². The molecule has 1 heterocycles. The van der Waals surface area contributed by atoms with Gasteiger partial charge >= 0.3 is 6.18 Å². The summed E-state index contributed by atoms with van der Waals surface area (Å²) in [5.41, 5.74) is 2.24. The molecule has 1 aliphatic heterocycles. The number of nitrogens with one attached hydrogen (secondary N) is 1. The third kappa shape index (κ3) is 4.69. The van der Waals surface area contributed by atoms with Gasteiger partial charge in [0.2, 0.25) is 5.91 Å². The summed E-state index contributed by atoms with van der Waals surface area (Å²) in [7, 11) is 0. The number of amides is 1. The number of hydrogen-bond acceptors (Lipinski definition) is 2. The first-order chi connectivity index (χ1) is 11.1. The maximum absolute atomic E-state index is 13.4. The molecule has 1 aliphatic rings. The zero-order valence-electron chi connectivity index (χ0n) is 13.8. The molecule has 0 unspecified atom stereocenters. The zero-order valence-corrected chi connectivity index (χ0v) is 13.8. The van der Waals surface area contributed by atoms with Crippen molar-refractivity contribution in [1.82, 2.24) is 10.4 Å². The first kappa shape index (κ1) is 18.7. The van der Waals surface area contributed by atoms with Gasteiger partial charge in [-0.1, -0.05) is 18.6 Å². The Morgan fingerprint density at radius 3 is 2.54 bits per heavy atom. The van der Waals surface area contributed by atoms with Crippen molar-refractivity contribution in [2.24, 2.45) is 0 Å². The first-order valence-corrected chi connectivity index (χ1v) is 7.99. The van der Waals surface area contributed by atoms with Crippen LogP contribution in [0.2, 0.25) is 0 Å². The molecule has 2 rings (SSSR count). The number of benzene rings is 1. The van der Waals surface area contributed by atoms with E-state index in [9.17, 15) is 22.4 Å². The van der Waals surface area contributed by atoms with Crippen molar-refractivity contribution >= 4 is 5.91 Å². The molecular formula is C17H22F4N2O. The van der Waals surface area contributed by atoms with Gasteiger partial charge in [0, 0.05) is 12.0 Å². The van der Waals surface area contributed by atoms with Crippen LogP contribution in [-0.4, -0.2) is 28.7 Å². The molecule has 1 atom stereocenters. The van der Waals surface area contributed by atoms with Crippen LogP contribution < -0.4 is 5.43 Å². The lowest BCUT2D eigenvalue weighted by Gasteiger charge is -2.37. The molecule has 1 amide bonds.